The van der Waals surface area contributed by atoms with Crippen molar-refractivity contribution in [2.75, 3.05) is 0 Å². The summed E-state index contributed by atoms with van der Waals surface area (Å²) in [6, 6.07) is 2.23. The molecule has 0 spiro atoms. The van der Waals surface area contributed by atoms with Crippen LogP contribution in [0.1, 0.15) is 24.8 Å². The first-order chi connectivity index (χ1) is 10.2. The van der Waals surface area contributed by atoms with Gasteiger partial charge < -0.3 is 0 Å². The summed E-state index contributed by atoms with van der Waals surface area (Å²) in [5.74, 6) is 0. The summed E-state index contributed by atoms with van der Waals surface area (Å²) in [4.78, 5) is 4.60. The first-order valence-corrected chi connectivity index (χ1v) is 7.51. The van der Waals surface area contributed by atoms with Gasteiger partial charge in [0.15, 0.2) is 0 Å². The van der Waals surface area contributed by atoms with Crippen molar-refractivity contribution in [3.8, 4) is 11.1 Å². The fraction of sp³-hybridized carbons (Fsp3) is 0.250. The summed E-state index contributed by atoms with van der Waals surface area (Å²) in [5.41, 5.74) is 5.74. The van der Waals surface area contributed by atoms with Crippen LogP contribution in [0.15, 0.2) is 36.9 Å². The quantitative estimate of drug-likeness (QED) is 0.732. The number of thiol groups is 1. The minimum atomic E-state index is 0.888. The molecule has 0 radical (unpaired) electrons. The van der Waals surface area contributed by atoms with Gasteiger partial charge >= 0.3 is 0 Å². The number of rotatable bonds is 2. The summed E-state index contributed by atoms with van der Waals surface area (Å²) in [6.45, 7) is 0. The Morgan fingerprint density at radius 3 is 2.81 bits per heavy atom. The van der Waals surface area contributed by atoms with Gasteiger partial charge in [-0.2, -0.15) is 5.10 Å². The average Bonchev–Trinajstić information content (AvgIpc) is 3.19. The van der Waals surface area contributed by atoms with Gasteiger partial charge in [0.05, 0.1) is 6.20 Å². The molecule has 4 nitrogen and oxygen atoms in total. The smallest absolute Gasteiger partial charge is 0.150 e. The molecular formula is C16H16N4S. The Morgan fingerprint density at radius 2 is 2.10 bits per heavy atom. The van der Waals surface area contributed by atoms with Crippen LogP contribution in [0.5, 0.6) is 0 Å². The lowest BCUT2D eigenvalue weighted by atomic mass is 10.0. The van der Waals surface area contributed by atoms with Crippen LogP contribution < -0.4 is 0 Å². The molecule has 0 atom stereocenters. The van der Waals surface area contributed by atoms with Crippen molar-refractivity contribution in [1.29, 1.82) is 0 Å². The van der Waals surface area contributed by atoms with E-state index in [9.17, 15) is 0 Å². The molecule has 0 bridgehead atoms. The highest BCUT2D eigenvalue weighted by molar-refractivity contribution is 7.78. The van der Waals surface area contributed by atoms with Crippen molar-refractivity contribution < 1.29 is 0 Å². The zero-order chi connectivity index (χ0) is 14.4. The second-order valence-corrected chi connectivity index (χ2v) is 5.94. The third kappa shape index (κ3) is 2.08. The molecule has 5 heteroatoms. The molecule has 0 fully saturated rings. The molecule has 3 aromatic heterocycles. The zero-order valence-electron chi connectivity index (χ0n) is 11.8. The second-order valence-electron chi connectivity index (χ2n) is 5.51. The highest BCUT2D eigenvalue weighted by atomic mass is 32.1. The lowest BCUT2D eigenvalue weighted by Crippen LogP contribution is -1.86. The predicted molar refractivity (Wildman–Crippen MR) is 88.1 cm³/mol. The Bertz CT molecular complexity index is 856. The van der Waals surface area contributed by atoms with Crippen LogP contribution in [0.3, 0.4) is 0 Å². The minimum Gasteiger partial charge on any atom is -0.277 e. The molecular weight excluding hydrogens is 280 g/mol. The first kappa shape index (κ1) is 12.7. The molecule has 21 heavy (non-hydrogen) atoms. The van der Waals surface area contributed by atoms with Gasteiger partial charge in [0.1, 0.15) is 5.65 Å². The van der Waals surface area contributed by atoms with Gasteiger partial charge in [-0.15, -0.1) is 0 Å². The third-order valence-electron chi connectivity index (χ3n) is 4.05. The summed E-state index contributed by atoms with van der Waals surface area (Å²) < 4.78 is 3.60. The van der Waals surface area contributed by atoms with Crippen LogP contribution in [0.2, 0.25) is 0 Å². The minimum absolute atomic E-state index is 0.888. The number of fused-ring (bicyclic) bond motifs is 1. The largest absolute Gasteiger partial charge is 0.277 e. The van der Waals surface area contributed by atoms with Crippen molar-refractivity contribution >= 4 is 29.4 Å². The number of hydrogen-bond acceptors (Lipinski definition) is 3. The van der Waals surface area contributed by atoms with Crippen molar-refractivity contribution in [3.63, 3.8) is 0 Å². The van der Waals surface area contributed by atoms with E-state index < -0.39 is 0 Å². The Hall–Kier alpha value is -2.01. The lowest BCUT2D eigenvalue weighted by molar-refractivity contribution is 0.768. The fourth-order valence-corrected chi connectivity index (χ4v) is 3.27. The number of aromatic nitrogens is 4. The number of pyridine rings is 1. The van der Waals surface area contributed by atoms with Crippen LogP contribution in [-0.4, -0.2) is 18.7 Å². The van der Waals surface area contributed by atoms with Gasteiger partial charge in [-0.3, -0.25) is 8.65 Å². The molecule has 3 aromatic rings. The molecule has 4 rings (SSSR count). The normalized spacial score (nSPS) is 14.9. The summed E-state index contributed by atoms with van der Waals surface area (Å²) in [7, 11) is 1.93. The Labute approximate surface area is 128 Å². The topological polar surface area (TPSA) is 35.6 Å². The zero-order valence-corrected chi connectivity index (χ0v) is 12.7. The molecule has 0 saturated carbocycles. The van der Waals surface area contributed by atoms with Crippen molar-refractivity contribution in [2.45, 2.75) is 19.3 Å². The molecule has 1 aliphatic rings. The van der Waals surface area contributed by atoms with E-state index in [1.165, 1.54) is 24.0 Å². The van der Waals surface area contributed by atoms with Crippen LogP contribution in [0, 0.1) is 0 Å². The maximum absolute atomic E-state index is 4.60. The number of nitrogens with zero attached hydrogens (tertiary/aromatic N) is 4. The van der Waals surface area contributed by atoms with Gasteiger partial charge in [0.2, 0.25) is 0 Å². The molecule has 0 aliphatic heterocycles. The summed E-state index contributed by atoms with van der Waals surface area (Å²) in [6.07, 6.45) is 13.8. The number of allylic oxidation sites excluding steroid dienone is 2. The van der Waals surface area contributed by atoms with Crippen molar-refractivity contribution in [3.05, 3.63) is 42.5 Å². The van der Waals surface area contributed by atoms with E-state index in [2.05, 4.69) is 35.0 Å². The molecule has 1 aliphatic carbocycles. The molecule has 0 aromatic carbocycles. The maximum atomic E-state index is 4.60. The first-order valence-electron chi connectivity index (χ1n) is 7.11. The fourth-order valence-electron chi connectivity index (χ4n) is 2.99. The Morgan fingerprint density at radius 1 is 1.19 bits per heavy atom. The van der Waals surface area contributed by atoms with E-state index in [1.807, 2.05) is 36.5 Å². The Balaban J connectivity index is 1.92. The third-order valence-corrected chi connectivity index (χ3v) is 4.36. The number of aryl methyl sites for hydroxylation is 1. The van der Waals surface area contributed by atoms with Gasteiger partial charge in [0.25, 0.3) is 0 Å². The predicted octanol–water partition coefficient (Wildman–Crippen LogP) is 3.70. The molecule has 0 saturated heterocycles. The van der Waals surface area contributed by atoms with E-state index in [0.717, 1.165) is 28.6 Å². The van der Waals surface area contributed by atoms with Gasteiger partial charge in [-0.1, -0.05) is 18.9 Å². The highest BCUT2D eigenvalue weighted by Gasteiger charge is 2.14. The van der Waals surface area contributed by atoms with Crippen LogP contribution in [-0.2, 0) is 7.05 Å². The second kappa shape index (κ2) is 4.77. The van der Waals surface area contributed by atoms with Crippen molar-refractivity contribution in [2.24, 2.45) is 7.05 Å². The number of hydrogen-bond donors (Lipinski definition) is 1. The molecule has 0 N–H and O–H groups in total. The van der Waals surface area contributed by atoms with E-state index in [0.29, 0.717) is 0 Å². The van der Waals surface area contributed by atoms with E-state index in [4.69, 9.17) is 0 Å². The van der Waals surface area contributed by atoms with E-state index >= 15 is 0 Å². The van der Waals surface area contributed by atoms with Gasteiger partial charge in [0, 0.05) is 42.2 Å². The van der Waals surface area contributed by atoms with Gasteiger partial charge in [-0.05, 0) is 36.5 Å². The van der Waals surface area contributed by atoms with Crippen molar-refractivity contribution in [1.82, 2.24) is 18.7 Å². The molecule has 3 heterocycles. The summed E-state index contributed by atoms with van der Waals surface area (Å²) >= 11 is 4.48. The van der Waals surface area contributed by atoms with Gasteiger partial charge in [-0.25, -0.2) is 4.98 Å². The standard InChI is InChI=1S/C16H16N4S/c1-19-9-13(8-18-19)15-10-20(21)16-14(15)6-12(7-17-16)11-4-2-3-5-11/h4,6-10,21H,2-3,5H2,1H3. The lowest BCUT2D eigenvalue weighted by Gasteiger charge is -2.03. The van der Waals surface area contributed by atoms with E-state index in [-0.39, 0.29) is 0 Å². The Kier molecular flexibility index (Phi) is 2.89. The van der Waals surface area contributed by atoms with Crippen LogP contribution in [0.4, 0.5) is 0 Å². The highest BCUT2D eigenvalue weighted by Crippen LogP contribution is 2.34. The molecule has 0 unspecified atom stereocenters. The molecule has 106 valence electrons. The van der Waals surface area contributed by atoms with Crippen LogP contribution >= 0.6 is 12.8 Å². The average molecular weight is 296 g/mol. The maximum Gasteiger partial charge on any atom is 0.150 e. The summed E-state index contributed by atoms with van der Waals surface area (Å²) in [5, 5.41) is 5.39. The molecule has 0 amide bonds. The van der Waals surface area contributed by atoms with E-state index in [1.54, 1.807) is 3.97 Å². The monoisotopic (exact) mass is 296 g/mol. The van der Waals surface area contributed by atoms with Crippen LogP contribution in [0.25, 0.3) is 27.7 Å². The SMILES string of the molecule is Cn1cc(-c2cn(S)c3ncc(C4=CCCC4)cc23)cn1.